The van der Waals surface area contributed by atoms with Crippen LogP contribution in [0.5, 0.6) is 0 Å². The molecule has 0 aliphatic rings. The molecule has 0 saturated carbocycles. The molecule has 2 N–H and O–H groups in total. The van der Waals surface area contributed by atoms with E-state index in [2.05, 4.69) is 0 Å². The number of likely N-dealkylation sites (N-methyl/N-ethyl adjacent to an activating group) is 1. The van der Waals surface area contributed by atoms with Crippen LogP contribution in [-0.4, -0.2) is 51.3 Å². The number of primary sulfonamides is 1. The summed E-state index contributed by atoms with van der Waals surface area (Å²) in [6.07, 6.45) is 0.186. The van der Waals surface area contributed by atoms with Crippen molar-refractivity contribution in [2.75, 3.05) is 27.2 Å². The summed E-state index contributed by atoms with van der Waals surface area (Å²) in [6.45, 7) is 1.81. The zero-order chi connectivity index (χ0) is 20.0. The molecule has 6 nitrogen and oxygen atoms in total. The number of carbonyl (C=O) groups is 1. The van der Waals surface area contributed by atoms with Crippen LogP contribution in [0, 0.1) is 0 Å². The van der Waals surface area contributed by atoms with E-state index in [0.29, 0.717) is 18.1 Å². The highest BCUT2D eigenvalue weighted by Crippen LogP contribution is 2.14. The maximum Gasteiger partial charge on any atom is 0.238 e. The molecule has 1 amide bonds. The highest BCUT2D eigenvalue weighted by molar-refractivity contribution is 7.89. The molecule has 0 bridgehead atoms. The minimum atomic E-state index is -3.74. The second-order valence-corrected chi connectivity index (χ2v) is 8.61. The van der Waals surface area contributed by atoms with Gasteiger partial charge in [0.25, 0.3) is 0 Å². The van der Waals surface area contributed by atoms with Crippen molar-refractivity contribution in [2.24, 2.45) is 5.14 Å². The Morgan fingerprint density at radius 1 is 0.963 bits per heavy atom. The van der Waals surface area contributed by atoms with Crippen LogP contribution in [-0.2, 0) is 27.8 Å². The molecule has 2 rings (SSSR count). The lowest BCUT2D eigenvalue weighted by Crippen LogP contribution is -2.37. The number of nitrogens with two attached hydrogens (primary N) is 1. The topological polar surface area (TPSA) is 83.7 Å². The fourth-order valence-electron chi connectivity index (χ4n) is 2.51. The van der Waals surface area contributed by atoms with Crippen LogP contribution in [0.1, 0.15) is 11.1 Å². The minimum Gasteiger partial charge on any atom is -0.337 e. The van der Waals surface area contributed by atoms with E-state index in [0.717, 1.165) is 17.7 Å². The Kier molecular flexibility index (Phi) is 7.38. The summed E-state index contributed by atoms with van der Waals surface area (Å²) in [5.41, 5.74) is 1.73. The van der Waals surface area contributed by atoms with Gasteiger partial charge in [-0.3, -0.25) is 4.79 Å². The third kappa shape index (κ3) is 6.95. The van der Waals surface area contributed by atoms with Gasteiger partial charge in [-0.2, -0.15) is 0 Å². The Balaban J connectivity index is 2.11. The summed E-state index contributed by atoms with van der Waals surface area (Å²) >= 11 is 5.93. The van der Waals surface area contributed by atoms with Gasteiger partial charge in [-0.25, -0.2) is 13.6 Å². The molecule has 146 valence electrons. The van der Waals surface area contributed by atoms with Crippen LogP contribution in [0.4, 0.5) is 0 Å². The number of halogens is 1. The third-order valence-electron chi connectivity index (χ3n) is 4.06. The molecular formula is C19H24ClN3O3S. The van der Waals surface area contributed by atoms with E-state index >= 15 is 0 Å². The summed E-state index contributed by atoms with van der Waals surface area (Å²) in [4.78, 5) is 16.7. The van der Waals surface area contributed by atoms with Crippen LogP contribution < -0.4 is 5.14 Å². The van der Waals surface area contributed by atoms with E-state index in [1.807, 2.05) is 31.1 Å². The third-order valence-corrected chi connectivity index (χ3v) is 5.24. The largest absolute Gasteiger partial charge is 0.337 e. The Bertz CT molecular complexity index is 866. The van der Waals surface area contributed by atoms with Crippen LogP contribution in [0.3, 0.4) is 0 Å². The molecule has 0 fully saturated rings. The number of carbonyl (C=O) groups excluding carboxylic acids is 1. The lowest BCUT2D eigenvalue weighted by molar-refractivity contribution is -0.131. The maximum absolute atomic E-state index is 12.8. The summed E-state index contributed by atoms with van der Waals surface area (Å²) in [6, 6.07) is 13.5. The maximum atomic E-state index is 12.8. The van der Waals surface area contributed by atoms with Crippen molar-refractivity contribution < 1.29 is 13.2 Å². The Morgan fingerprint density at radius 2 is 1.52 bits per heavy atom. The van der Waals surface area contributed by atoms with Crippen molar-refractivity contribution in [1.29, 1.82) is 0 Å². The van der Waals surface area contributed by atoms with Gasteiger partial charge in [0.2, 0.25) is 15.9 Å². The second-order valence-electron chi connectivity index (χ2n) is 6.61. The molecule has 0 spiro atoms. The summed E-state index contributed by atoms with van der Waals surface area (Å²) in [5.74, 6) is -0.0323. The number of sulfonamides is 1. The van der Waals surface area contributed by atoms with Gasteiger partial charge in [-0.15, -0.1) is 0 Å². The molecule has 0 aliphatic carbocycles. The van der Waals surface area contributed by atoms with Gasteiger partial charge < -0.3 is 9.80 Å². The number of rotatable bonds is 8. The van der Waals surface area contributed by atoms with Crippen molar-refractivity contribution in [3.05, 3.63) is 64.7 Å². The average molecular weight is 410 g/mol. The number of hydrogen-bond acceptors (Lipinski definition) is 4. The molecule has 27 heavy (non-hydrogen) atoms. The van der Waals surface area contributed by atoms with E-state index in [1.165, 1.54) is 12.1 Å². The van der Waals surface area contributed by atoms with Crippen molar-refractivity contribution in [3.63, 3.8) is 0 Å². The molecule has 0 saturated heterocycles. The SMILES string of the molecule is CN(C)CCN(Cc1ccc(Cl)cc1)C(=O)Cc1ccc(S(N)(=O)=O)cc1. The highest BCUT2D eigenvalue weighted by Gasteiger charge is 2.16. The fourth-order valence-corrected chi connectivity index (χ4v) is 3.15. The van der Waals surface area contributed by atoms with Gasteiger partial charge in [0.1, 0.15) is 0 Å². The van der Waals surface area contributed by atoms with E-state index in [-0.39, 0.29) is 17.2 Å². The predicted molar refractivity (Wildman–Crippen MR) is 107 cm³/mol. The summed E-state index contributed by atoms with van der Waals surface area (Å²) in [7, 11) is 0.172. The van der Waals surface area contributed by atoms with Crippen LogP contribution in [0.15, 0.2) is 53.4 Å². The summed E-state index contributed by atoms with van der Waals surface area (Å²) < 4.78 is 22.7. The Morgan fingerprint density at radius 3 is 2.04 bits per heavy atom. The lowest BCUT2D eigenvalue weighted by atomic mass is 10.1. The van der Waals surface area contributed by atoms with E-state index in [4.69, 9.17) is 16.7 Å². The standard InChI is InChI=1S/C19H24ClN3O3S/c1-22(2)11-12-23(14-16-3-7-17(20)8-4-16)19(24)13-15-5-9-18(10-6-15)27(21,25)26/h3-10H,11-14H2,1-2H3,(H2,21,25,26). The van der Waals surface area contributed by atoms with Crippen LogP contribution in [0.25, 0.3) is 0 Å². The molecule has 0 radical (unpaired) electrons. The predicted octanol–water partition coefficient (Wildman–Crippen LogP) is 2.12. The van der Waals surface area contributed by atoms with E-state index in [9.17, 15) is 13.2 Å². The minimum absolute atomic E-state index is 0.0318. The fraction of sp³-hybridized carbons (Fsp3) is 0.316. The van der Waals surface area contributed by atoms with Gasteiger partial charge >= 0.3 is 0 Å². The van der Waals surface area contributed by atoms with Crippen molar-refractivity contribution in [2.45, 2.75) is 17.9 Å². The normalized spacial score (nSPS) is 11.6. The first kappa shape index (κ1) is 21.4. The molecule has 2 aromatic rings. The Hall–Kier alpha value is -1.93. The van der Waals surface area contributed by atoms with E-state index < -0.39 is 10.0 Å². The molecule has 0 aliphatic heterocycles. The van der Waals surface area contributed by atoms with Crippen LogP contribution in [0.2, 0.25) is 5.02 Å². The summed E-state index contributed by atoms with van der Waals surface area (Å²) in [5, 5.41) is 5.76. The molecule has 8 heteroatoms. The van der Waals surface area contributed by atoms with Gasteiger partial charge in [-0.05, 0) is 49.5 Å². The average Bonchev–Trinajstić information content (AvgIpc) is 2.59. The molecule has 0 heterocycles. The molecule has 2 aromatic carbocycles. The van der Waals surface area contributed by atoms with Gasteiger partial charge in [0, 0.05) is 24.7 Å². The zero-order valence-corrected chi connectivity index (χ0v) is 17.0. The van der Waals surface area contributed by atoms with Crippen molar-refractivity contribution in [3.8, 4) is 0 Å². The quantitative estimate of drug-likeness (QED) is 0.723. The zero-order valence-electron chi connectivity index (χ0n) is 15.4. The van der Waals surface area contributed by atoms with Crippen molar-refractivity contribution in [1.82, 2.24) is 9.80 Å². The number of nitrogens with zero attached hydrogens (tertiary/aromatic N) is 2. The second kappa shape index (κ2) is 9.32. The monoisotopic (exact) mass is 409 g/mol. The molecule has 0 aromatic heterocycles. The first-order valence-electron chi connectivity index (χ1n) is 8.44. The number of benzene rings is 2. The number of amides is 1. The van der Waals surface area contributed by atoms with Gasteiger partial charge in [0.15, 0.2) is 0 Å². The van der Waals surface area contributed by atoms with E-state index in [1.54, 1.807) is 29.2 Å². The smallest absolute Gasteiger partial charge is 0.238 e. The Labute approximate surface area is 165 Å². The van der Waals surface area contributed by atoms with Gasteiger partial charge in [-0.1, -0.05) is 35.9 Å². The molecular weight excluding hydrogens is 386 g/mol. The van der Waals surface area contributed by atoms with Gasteiger partial charge in [0.05, 0.1) is 11.3 Å². The molecule has 0 unspecified atom stereocenters. The first-order valence-corrected chi connectivity index (χ1v) is 10.4. The highest BCUT2D eigenvalue weighted by atomic mass is 35.5. The number of hydrogen-bond donors (Lipinski definition) is 1. The van der Waals surface area contributed by atoms with Crippen LogP contribution >= 0.6 is 11.6 Å². The lowest BCUT2D eigenvalue weighted by Gasteiger charge is -2.25. The first-order chi connectivity index (χ1) is 12.6. The van der Waals surface area contributed by atoms with Crippen molar-refractivity contribution >= 4 is 27.5 Å². The molecule has 0 atom stereocenters.